The predicted molar refractivity (Wildman–Crippen MR) is 111 cm³/mol. The maximum atomic E-state index is 13.5. The van der Waals surface area contributed by atoms with E-state index in [4.69, 9.17) is 0 Å². The summed E-state index contributed by atoms with van der Waals surface area (Å²) in [7, 11) is 0. The van der Waals surface area contributed by atoms with Gasteiger partial charge in [-0.3, -0.25) is 9.59 Å². The summed E-state index contributed by atoms with van der Waals surface area (Å²) in [6, 6.07) is 8.07. The van der Waals surface area contributed by atoms with Crippen LogP contribution in [0, 0.1) is 5.92 Å². The number of carbonyl (C=O) groups excluding carboxylic acids is 2. The molecule has 0 spiro atoms. The van der Waals surface area contributed by atoms with E-state index < -0.39 is 0 Å². The lowest BCUT2D eigenvalue weighted by Crippen LogP contribution is -2.39. The summed E-state index contributed by atoms with van der Waals surface area (Å²) in [5.41, 5.74) is 3.61. The molecular formula is C23H28N4O2. The van der Waals surface area contributed by atoms with Gasteiger partial charge in [-0.1, -0.05) is 25.1 Å². The molecule has 1 fully saturated rings. The standard InChI is InChI=1S/C23H28N4O2/c1-16-9-13-25(14-10-16)23(29)21-24-20(19-8-4-5-12-26(19)21)22(28)27-15-11-17-6-2-3-7-18(17)27/h2-3,6-7,16H,4-5,8-15H2,1H3. The predicted octanol–water partition coefficient (Wildman–Crippen LogP) is 3.29. The number of amides is 2. The lowest BCUT2D eigenvalue weighted by atomic mass is 9.99. The Morgan fingerprint density at radius 2 is 1.76 bits per heavy atom. The highest BCUT2D eigenvalue weighted by molar-refractivity contribution is 6.07. The lowest BCUT2D eigenvalue weighted by molar-refractivity contribution is 0.0678. The maximum absolute atomic E-state index is 13.5. The van der Waals surface area contributed by atoms with Crippen LogP contribution in [0.2, 0.25) is 0 Å². The molecule has 0 radical (unpaired) electrons. The SMILES string of the molecule is CC1CCN(C(=O)c2nc(C(=O)N3CCc4ccccc43)c3n2CCCC3)CC1. The smallest absolute Gasteiger partial charge is 0.289 e. The van der Waals surface area contributed by atoms with Gasteiger partial charge in [0.05, 0.1) is 5.69 Å². The second-order valence-electron chi connectivity index (χ2n) is 8.65. The van der Waals surface area contributed by atoms with Crippen molar-refractivity contribution in [3.63, 3.8) is 0 Å². The number of fused-ring (bicyclic) bond motifs is 2. The zero-order valence-corrected chi connectivity index (χ0v) is 17.1. The van der Waals surface area contributed by atoms with Gasteiger partial charge in [0.2, 0.25) is 0 Å². The molecule has 6 nitrogen and oxygen atoms in total. The third-order valence-corrected chi connectivity index (χ3v) is 6.71. The Bertz CT molecular complexity index is 956. The first-order chi connectivity index (χ1) is 14.1. The van der Waals surface area contributed by atoms with Crippen molar-refractivity contribution in [2.75, 3.05) is 24.5 Å². The van der Waals surface area contributed by atoms with Gasteiger partial charge in [-0.2, -0.15) is 0 Å². The number of anilines is 1. The van der Waals surface area contributed by atoms with Crippen LogP contribution in [0.1, 0.15) is 65.0 Å². The molecular weight excluding hydrogens is 364 g/mol. The molecule has 0 N–H and O–H groups in total. The average molecular weight is 393 g/mol. The topological polar surface area (TPSA) is 58.4 Å². The molecule has 3 aliphatic rings. The second kappa shape index (κ2) is 7.32. The highest BCUT2D eigenvalue weighted by Gasteiger charge is 2.34. The Morgan fingerprint density at radius 3 is 2.59 bits per heavy atom. The fourth-order valence-corrected chi connectivity index (χ4v) is 4.91. The minimum absolute atomic E-state index is 0.0130. The summed E-state index contributed by atoms with van der Waals surface area (Å²) in [5.74, 6) is 1.05. The number of imidazole rings is 1. The van der Waals surface area contributed by atoms with E-state index >= 15 is 0 Å². The Kier molecular flexibility index (Phi) is 4.64. The molecule has 0 aliphatic carbocycles. The van der Waals surface area contributed by atoms with Crippen molar-refractivity contribution >= 4 is 17.5 Å². The first kappa shape index (κ1) is 18.4. The number of benzene rings is 1. The molecule has 1 aromatic heterocycles. The number of hydrogen-bond donors (Lipinski definition) is 0. The number of aromatic nitrogens is 2. The van der Waals surface area contributed by atoms with Crippen molar-refractivity contribution in [2.45, 2.75) is 52.0 Å². The molecule has 2 aromatic rings. The molecule has 152 valence electrons. The van der Waals surface area contributed by atoms with Crippen LogP contribution in [0.25, 0.3) is 0 Å². The summed E-state index contributed by atoms with van der Waals surface area (Å²) >= 11 is 0. The molecule has 3 aliphatic heterocycles. The van der Waals surface area contributed by atoms with Crippen molar-refractivity contribution < 1.29 is 9.59 Å². The number of para-hydroxylation sites is 1. The Balaban J connectivity index is 1.48. The Labute approximate surface area is 171 Å². The van der Waals surface area contributed by atoms with Gasteiger partial charge in [0.1, 0.15) is 0 Å². The van der Waals surface area contributed by atoms with E-state index in [0.29, 0.717) is 24.0 Å². The van der Waals surface area contributed by atoms with Crippen LogP contribution in [-0.2, 0) is 19.4 Å². The van der Waals surface area contributed by atoms with Crippen LogP contribution < -0.4 is 4.90 Å². The van der Waals surface area contributed by atoms with Crippen molar-refractivity contribution in [3.05, 3.63) is 47.0 Å². The molecule has 0 atom stereocenters. The maximum Gasteiger partial charge on any atom is 0.289 e. The molecule has 2 amide bonds. The molecule has 6 heteroatoms. The number of carbonyl (C=O) groups is 2. The number of nitrogens with zero attached hydrogens (tertiary/aromatic N) is 4. The van der Waals surface area contributed by atoms with Crippen LogP contribution in [-0.4, -0.2) is 45.9 Å². The normalized spacial score (nSPS) is 19.2. The fraction of sp³-hybridized carbons (Fsp3) is 0.522. The summed E-state index contributed by atoms with van der Waals surface area (Å²) in [4.78, 5) is 35.2. The van der Waals surface area contributed by atoms with E-state index in [1.165, 1.54) is 5.56 Å². The number of rotatable bonds is 2. The van der Waals surface area contributed by atoms with Crippen LogP contribution in [0.15, 0.2) is 24.3 Å². The van der Waals surface area contributed by atoms with E-state index in [2.05, 4.69) is 18.0 Å². The summed E-state index contributed by atoms with van der Waals surface area (Å²) in [6.45, 7) is 5.26. The molecule has 29 heavy (non-hydrogen) atoms. The quantitative estimate of drug-likeness (QED) is 0.788. The van der Waals surface area contributed by atoms with Gasteiger partial charge >= 0.3 is 0 Å². The highest BCUT2D eigenvalue weighted by Crippen LogP contribution is 2.31. The molecule has 4 heterocycles. The fourth-order valence-electron chi connectivity index (χ4n) is 4.91. The molecule has 1 aromatic carbocycles. The zero-order valence-electron chi connectivity index (χ0n) is 17.1. The highest BCUT2D eigenvalue weighted by atomic mass is 16.2. The summed E-state index contributed by atoms with van der Waals surface area (Å²) in [5, 5.41) is 0. The largest absolute Gasteiger partial charge is 0.336 e. The van der Waals surface area contributed by atoms with Gasteiger partial charge in [0.25, 0.3) is 11.8 Å². The Hall–Kier alpha value is -2.63. The van der Waals surface area contributed by atoms with Gasteiger partial charge < -0.3 is 14.4 Å². The zero-order chi connectivity index (χ0) is 20.0. The van der Waals surface area contributed by atoms with E-state index in [1.54, 1.807) is 0 Å². The van der Waals surface area contributed by atoms with E-state index in [9.17, 15) is 9.59 Å². The van der Waals surface area contributed by atoms with Crippen LogP contribution in [0.3, 0.4) is 0 Å². The van der Waals surface area contributed by atoms with Gasteiger partial charge in [0, 0.05) is 31.9 Å². The molecule has 0 bridgehead atoms. The number of likely N-dealkylation sites (tertiary alicyclic amines) is 1. The number of piperidine rings is 1. The Morgan fingerprint density at radius 1 is 0.966 bits per heavy atom. The monoisotopic (exact) mass is 392 g/mol. The first-order valence-corrected chi connectivity index (χ1v) is 10.9. The van der Waals surface area contributed by atoms with Crippen molar-refractivity contribution in [2.24, 2.45) is 5.92 Å². The molecule has 0 unspecified atom stereocenters. The van der Waals surface area contributed by atoms with Crippen LogP contribution in [0.4, 0.5) is 5.69 Å². The van der Waals surface area contributed by atoms with E-state index in [0.717, 1.165) is 69.5 Å². The molecule has 5 rings (SSSR count). The van der Waals surface area contributed by atoms with Crippen LogP contribution >= 0.6 is 0 Å². The van der Waals surface area contributed by atoms with Crippen LogP contribution in [0.5, 0.6) is 0 Å². The van der Waals surface area contributed by atoms with Crippen molar-refractivity contribution in [3.8, 4) is 0 Å². The minimum atomic E-state index is -0.0630. The second-order valence-corrected chi connectivity index (χ2v) is 8.65. The lowest BCUT2D eigenvalue weighted by Gasteiger charge is -2.30. The van der Waals surface area contributed by atoms with Gasteiger partial charge in [0.15, 0.2) is 11.5 Å². The van der Waals surface area contributed by atoms with Crippen molar-refractivity contribution in [1.29, 1.82) is 0 Å². The van der Waals surface area contributed by atoms with Gasteiger partial charge in [-0.25, -0.2) is 4.98 Å². The summed E-state index contributed by atoms with van der Waals surface area (Å²) in [6.07, 6.45) is 5.83. The van der Waals surface area contributed by atoms with Gasteiger partial charge in [-0.15, -0.1) is 0 Å². The molecule has 1 saturated heterocycles. The van der Waals surface area contributed by atoms with Crippen molar-refractivity contribution in [1.82, 2.24) is 14.5 Å². The summed E-state index contributed by atoms with van der Waals surface area (Å²) < 4.78 is 2.03. The first-order valence-electron chi connectivity index (χ1n) is 10.9. The average Bonchev–Trinajstić information content (AvgIpc) is 3.35. The third-order valence-electron chi connectivity index (χ3n) is 6.71. The van der Waals surface area contributed by atoms with E-state index in [1.807, 2.05) is 32.6 Å². The number of hydrogen-bond acceptors (Lipinski definition) is 3. The third kappa shape index (κ3) is 3.15. The molecule has 0 saturated carbocycles. The van der Waals surface area contributed by atoms with E-state index in [-0.39, 0.29) is 11.8 Å². The van der Waals surface area contributed by atoms with Gasteiger partial charge in [-0.05, 0) is 56.1 Å². The minimum Gasteiger partial charge on any atom is -0.336 e.